The number of carbonyl (C=O) groups is 1. The van der Waals surface area contributed by atoms with Gasteiger partial charge in [0.1, 0.15) is 11.5 Å². The van der Waals surface area contributed by atoms with Crippen molar-refractivity contribution < 1.29 is 24.1 Å². The Morgan fingerprint density at radius 1 is 1.15 bits per heavy atom. The van der Waals surface area contributed by atoms with Gasteiger partial charge in [-0.1, -0.05) is 48.4 Å². The first-order chi connectivity index (χ1) is 20.0. The maximum atomic E-state index is 14.1. The molecular formula is C30H34N6O5. The molecule has 1 aliphatic rings. The number of benzene rings is 3. The normalized spacial score (nSPS) is 17.6. The Hall–Kier alpha value is -4.57. The molecule has 4 rings (SSSR count). The summed E-state index contributed by atoms with van der Waals surface area (Å²) in [4.78, 5) is 22.0. The molecule has 0 spiro atoms. The molecular weight excluding hydrogens is 524 g/mol. The van der Waals surface area contributed by atoms with Crippen LogP contribution in [0.5, 0.6) is 11.5 Å². The van der Waals surface area contributed by atoms with Crippen molar-refractivity contribution in [2.24, 2.45) is 10.1 Å². The Morgan fingerprint density at radius 3 is 2.68 bits per heavy atom. The van der Waals surface area contributed by atoms with Gasteiger partial charge in [-0.2, -0.15) is 0 Å². The zero-order valence-corrected chi connectivity index (χ0v) is 23.1. The average molecular weight is 559 g/mol. The number of hydrogen-bond acceptors (Lipinski definition) is 8. The summed E-state index contributed by atoms with van der Waals surface area (Å²) >= 11 is 0. The van der Waals surface area contributed by atoms with E-state index in [0.717, 1.165) is 6.42 Å². The topological polar surface area (TPSA) is 150 Å². The highest BCUT2D eigenvalue weighted by Crippen LogP contribution is 2.44. The van der Waals surface area contributed by atoms with Crippen LogP contribution in [0.1, 0.15) is 42.6 Å². The molecule has 11 heteroatoms. The number of rotatable bonds is 14. The number of methoxy groups -OCH3 is 1. The number of aliphatic hydroxyl groups is 1. The van der Waals surface area contributed by atoms with Crippen LogP contribution in [0.25, 0.3) is 10.4 Å². The molecule has 2 atom stereocenters. The van der Waals surface area contributed by atoms with Gasteiger partial charge in [0.15, 0.2) is 11.6 Å². The molecule has 1 amide bonds. The summed E-state index contributed by atoms with van der Waals surface area (Å²) < 4.78 is 17.6. The van der Waals surface area contributed by atoms with Crippen LogP contribution < -0.4 is 20.3 Å². The number of amides is 1. The van der Waals surface area contributed by atoms with Crippen molar-refractivity contribution in [1.82, 2.24) is 10.9 Å². The molecule has 3 aromatic carbocycles. The van der Waals surface area contributed by atoms with E-state index in [9.17, 15) is 10.3 Å². The van der Waals surface area contributed by atoms with Gasteiger partial charge in [-0.3, -0.25) is 10.2 Å². The van der Waals surface area contributed by atoms with Crippen molar-refractivity contribution in [2.75, 3.05) is 26.9 Å². The molecule has 0 saturated carbocycles. The average Bonchev–Trinajstić information content (AvgIpc) is 3.39. The summed E-state index contributed by atoms with van der Waals surface area (Å²) in [5.41, 5.74) is 15.9. The van der Waals surface area contributed by atoms with Gasteiger partial charge in [0, 0.05) is 42.2 Å². The monoisotopic (exact) mass is 558 g/mol. The molecule has 1 aliphatic heterocycles. The first-order valence-electron chi connectivity index (χ1n) is 13.5. The van der Waals surface area contributed by atoms with E-state index in [2.05, 4.69) is 20.9 Å². The Kier molecular flexibility index (Phi) is 10.2. The number of aliphatic imine (C=N–C) groups is 1. The zero-order valence-electron chi connectivity index (χ0n) is 23.1. The zero-order chi connectivity index (χ0) is 29.1. The fourth-order valence-electron chi connectivity index (χ4n) is 4.56. The molecule has 0 aliphatic carbocycles. The molecule has 0 fully saturated rings. The SMILES string of the molecule is CCCNNC(=O)[C@@]1(Cc2ccccc2N=[N+]=[N-])N=C(c2ccc(OCCCO)cc2)O[C@H]1c1cccc(OC)c1. The lowest BCUT2D eigenvalue weighted by Gasteiger charge is -2.31. The third-order valence-corrected chi connectivity index (χ3v) is 6.61. The number of nitrogens with zero attached hydrogens (tertiary/aromatic N) is 4. The summed E-state index contributed by atoms with van der Waals surface area (Å²) in [6.45, 7) is 3.00. The van der Waals surface area contributed by atoms with E-state index >= 15 is 0 Å². The number of carbonyl (C=O) groups excluding carboxylic acids is 1. The van der Waals surface area contributed by atoms with E-state index < -0.39 is 17.6 Å². The molecule has 1 heterocycles. The number of aliphatic hydroxyl groups excluding tert-OH is 1. The van der Waals surface area contributed by atoms with Crippen molar-refractivity contribution in [3.63, 3.8) is 0 Å². The van der Waals surface area contributed by atoms with Crippen LogP contribution in [0.3, 0.4) is 0 Å². The second-order valence-corrected chi connectivity index (χ2v) is 9.44. The van der Waals surface area contributed by atoms with Gasteiger partial charge in [0.25, 0.3) is 5.91 Å². The fourth-order valence-corrected chi connectivity index (χ4v) is 4.56. The Morgan fingerprint density at radius 2 is 1.95 bits per heavy atom. The van der Waals surface area contributed by atoms with Crippen LogP contribution in [-0.4, -0.2) is 49.3 Å². The lowest BCUT2D eigenvalue weighted by molar-refractivity contribution is -0.130. The van der Waals surface area contributed by atoms with Crippen molar-refractivity contribution in [3.8, 4) is 11.5 Å². The van der Waals surface area contributed by atoms with Crippen LogP contribution >= 0.6 is 0 Å². The molecule has 11 nitrogen and oxygen atoms in total. The highest BCUT2D eigenvalue weighted by molar-refractivity contribution is 6.01. The van der Waals surface area contributed by atoms with Gasteiger partial charge >= 0.3 is 0 Å². The minimum atomic E-state index is -1.47. The minimum Gasteiger partial charge on any atom is -0.497 e. The molecule has 0 radical (unpaired) electrons. The Labute approximate surface area is 238 Å². The van der Waals surface area contributed by atoms with Gasteiger partial charge in [0.05, 0.1) is 13.7 Å². The van der Waals surface area contributed by atoms with E-state index in [4.69, 9.17) is 24.3 Å². The maximum absolute atomic E-state index is 14.1. The summed E-state index contributed by atoms with van der Waals surface area (Å²) in [5, 5.41) is 12.9. The largest absolute Gasteiger partial charge is 0.497 e. The van der Waals surface area contributed by atoms with Crippen molar-refractivity contribution in [1.29, 1.82) is 0 Å². The predicted octanol–water partition coefficient (Wildman–Crippen LogP) is 4.93. The van der Waals surface area contributed by atoms with Gasteiger partial charge in [-0.15, -0.1) is 0 Å². The second kappa shape index (κ2) is 14.2. The molecule has 0 unspecified atom stereocenters. The van der Waals surface area contributed by atoms with Crippen molar-refractivity contribution >= 4 is 17.5 Å². The summed E-state index contributed by atoms with van der Waals surface area (Å²) in [6, 6.07) is 21.6. The van der Waals surface area contributed by atoms with Crippen LogP contribution in [-0.2, 0) is 16.0 Å². The number of nitrogens with one attached hydrogen (secondary N) is 2. The lowest BCUT2D eigenvalue weighted by Crippen LogP contribution is -2.54. The van der Waals surface area contributed by atoms with Gasteiger partial charge in [0.2, 0.25) is 5.90 Å². The van der Waals surface area contributed by atoms with Crippen LogP contribution in [0, 0.1) is 0 Å². The van der Waals surface area contributed by atoms with Crippen LogP contribution in [0.2, 0.25) is 0 Å². The molecule has 0 bridgehead atoms. The third-order valence-electron chi connectivity index (χ3n) is 6.61. The predicted molar refractivity (Wildman–Crippen MR) is 155 cm³/mol. The van der Waals surface area contributed by atoms with Gasteiger partial charge in [-0.25, -0.2) is 10.4 Å². The summed E-state index contributed by atoms with van der Waals surface area (Å²) in [7, 11) is 1.57. The molecule has 214 valence electrons. The number of hydrogen-bond donors (Lipinski definition) is 3. The minimum absolute atomic E-state index is 0.0501. The van der Waals surface area contributed by atoms with E-state index in [1.165, 1.54) is 0 Å². The first kappa shape index (κ1) is 29.4. The van der Waals surface area contributed by atoms with Gasteiger partial charge < -0.3 is 19.3 Å². The number of hydrazine groups is 1. The molecule has 3 N–H and O–H groups in total. The summed E-state index contributed by atoms with van der Waals surface area (Å²) in [5.74, 6) is 1.14. The van der Waals surface area contributed by atoms with Crippen molar-refractivity contribution in [2.45, 2.75) is 37.8 Å². The van der Waals surface area contributed by atoms with Crippen LogP contribution in [0.15, 0.2) is 82.9 Å². The molecule has 0 aromatic heterocycles. The Bertz CT molecular complexity index is 1410. The van der Waals surface area contributed by atoms with Gasteiger partial charge in [-0.05, 0) is 59.5 Å². The molecule has 0 saturated heterocycles. The summed E-state index contributed by atoms with van der Waals surface area (Å²) in [6.07, 6.45) is 0.594. The second-order valence-electron chi connectivity index (χ2n) is 9.44. The highest BCUT2D eigenvalue weighted by Gasteiger charge is 2.53. The quantitative estimate of drug-likeness (QED) is 0.0839. The molecule has 3 aromatic rings. The van der Waals surface area contributed by atoms with E-state index in [1.807, 2.05) is 55.5 Å². The maximum Gasteiger partial charge on any atom is 0.266 e. The first-order valence-corrected chi connectivity index (χ1v) is 13.5. The highest BCUT2D eigenvalue weighted by atomic mass is 16.5. The lowest BCUT2D eigenvalue weighted by atomic mass is 9.81. The van der Waals surface area contributed by atoms with Crippen LogP contribution in [0.4, 0.5) is 5.69 Å². The smallest absolute Gasteiger partial charge is 0.266 e. The molecule has 41 heavy (non-hydrogen) atoms. The Balaban J connectivity index is 1.82. The van der Waals surface area contributed by atoms with E-state index in [1.54, 1.807) is 31.4 Å². The van der Waals surface area contributed by atoms with E-state index in [-0.39, 0.29) is 18.9 Å². The van der Waals surface area contributed by atoms with Crippen molar-refractivity contribution in [3.05, 3.63) is 99.9 Å². The number of ether oxygens (including phenoxy) is 3. The standard InChI is InChI=1S/C30H34N6O5/c1-3-16-32-35-29(38)30(20-23-8-4-5-11-26(23)34-36-31)27(22-9-6-10-25(19-22)39-2)41-28(33-30)21-12-14-24(15-13-21)40-18-7-17-37/h4-6,8-15,19,27,32,37H,3,7,16-18,20H2,1-2H3,(H,35,38)/t27-,30-/m0/s1. The third kappa shape index (κ3) is 6.96. The number of azide groups is 1. The van der Waals surface area contributed by atoms with E-state index in [0.29, 0.717) is 53.4 Å². The fraction of sp³-hybridized carbons (Fsp3) is 0.333.